The quantitative estimate of drug-likeness (QED) is 0.186. The fourth-order valence-corrected chi connectivity index (χ4v) is 3.67. The van der Waals surface area contributed by atoms with Crippen molar-refractivity contribution in [2.75, 3.05) is 37.6 Å². The number of nitrogen functional groups attached to an aromatic ring is 1. The van der Waals surface area contributed by atoms with Crippen LogP contribution in [-0.2, 0) is 14.6 Å². The largest absolute Gasteiger partial charge is 0.385 e. The zero-order valence-electron chi connectivity index (χ0n) is 18.4. The van der Waals surface area contributed by atoms with E-state index in [9.17, 15) is 18.5 Å². The molecule has 0 unspecified atom stereocenters. The molecule has 0 bridgehead atoms. The van der Waals surface area contributed by atoms with Gasteiger partial charge in [-0.25, -0.2) is 18.4 Å². The van der Waals surface area contributed by atoms with E-state index in [0.29, 0.717) is 31.0 Å². The summed E-state index contributed by atoms with van der Waals surface area (Å²) in [4.78, 5) is 22.8. The first-order chi connectivity index (χ1) is 16.2. The van der Waals surface area contributed by atoms with E-state index in [4.69, 9.17) is 10.5 Å². The molecule has 0 spiro atoms. The maximum atomic E-state index is 12.2. The minimum atomic E-state index is -3.83. The van der Waals surface area contributed by atoms with E-state index in [2.05, 4.69) is 30.5 Å². The Hall–Kier alpha value is -4.04. The topological polar surface area (TPSA) is 188 Å². The molecule has 0 aliphatic rings. The van der Waals surface area contributed by atoms with Crippen molar-refractivity contribution in [3.63, 3.8) is 0 Å². The van der Waals surface area contributed by atoms with Crippen molar-refractivity contribution in [1.29, 1.82) is 0 Å². The molecule has 178 valence electrons. The number of aromatic nitrogens is 3. The molecule has 14 heteroatoms. The second-order valence-corrected chi connectivity index (χ2v) is 9.00. The van der Waals surface area contributed by atoms with E-state index >= 15 is 0 Å². The monoisotopic (exact) mass is 486 g/mol. The number of pyridine rings is 1. The van der Waals surface area contributed by atoms with Crippen LogP contribution < -0.4 is 11.1 Å². The Morgan fingerprint density at radius 1 is 1.18 bits per heavy atom. The maximum Gasteiger partial charge on any atom is 0.270 e. The number of nitrogens with two attached hydrogens (primary N) is 1. The Morgan fingerprint density at radius 3 is 2.56 bits per heavy atom. The van der Waals surface area contributed by atoms with Gasteiger partial charge in [0.1, 0.15) is 10.6 Å². The number of non-ortho nitro benzene ring substituents is 1. The molecular weight excluding hydrogens is 464 g/mol. The molecule has 3 rings (SSSR count). The van der Waals surface area contributed by atoms with E-state index in [0.717, 1.165) is 18.4 Å². The number of hydrogen-bond acceptors (Lipinski definition) is 12. The molecular formula is C20H22N8O5S. The van der Waals surface area contributed by atoms with Crippen LogP contribution in [0.1, 0.15) is 6.42 Å². The molecule has 0 radical (unpaired) electrons. The van der Waals surface area contributed by atoms with E-state index in [-0.39, 0.29) is 33.6 Å². The molecule has 34 heavy (non-hydrogen) atoms. The van der Waals surface area contributed by atoms with Gasteiger partial charge in [-0.3, -0.25) is 15.1 Å². The second kappa shape index (κ2) is 10.7. The Bertz CT molecular complexity index is 1320. The van der Waals surface area contributed by atoms with Crippen molar-refractivity contribution >= 4 is 38.5 Å². The SMILES string of the molecule is COCCCNc1nc(-c2ccncc2)nc(N)c1N=Nc1ccc([N+](=O)[O-])cc1S(C)(=O)=O. The molecule has 2 aromatic heterocycles. The maximum absolute atomic E-state index is 12.2. The molecule has 0 saturated carbocycles. The van der Waals surface area contributed by atoms with Gasteiger partial charge in [-0.05, 0) is 24.6 Å². The zero-order valence-corrected chi connectivity index (χ0v) is 19.2. The van der Waals surface area contributed by atoms with Crippen molar-refractivity contribution in [3.05, 3.63) is 52.8 Å². The summed E-state index contributed by atoms with van der Waals surface area (Å²) >= 11 is 0. The molecule has 0 aliphatic carbocycles. The molecule has 1 aromatic carbocycles. The summed E-state index contributed by atoms with van der Waals surface area (Å²) in [7, 11) is -2.24. The minimum Gasteiger partial charge on any atom is -0.385 e. The predicted molar refractivity (Wildman–Crippen MR) is 125 cm³/mol. The average molecular weight is 487 g/mol. The smallest absolute Gasteiger partial charge is 0.270 e. The van der Waals surface area contributed by atoms with Gasteiger partial charge >= 0.3 is 0 Å². The van der Waals surface area contributed by atoms with Gasteiger partial charge in [-0.1, -0.05) is 0 Å². The minimum absolute atomic E-state index is 0.00243. The first-order valence-corrected chi connectivity index (χ1v) is 11.8. The van der Waals surface area contributed by atoms with Crippen LogP contribution in [-0.4, -0.2) is 54.8 Å². The van der Waals surface area contributed by atoms with Gasteiger partial charge in [-0.2, -0.15) is 0 Å². The number of sulfone groups is 1. The number of nitrogens with one attached hydrogen (secondary N) is 1. The molecule has 3 aromatic rings. The van der Waals surface area contributed by atoms with Crippen molar-refractivity contribution in [2.45, 2.75) is 11.3 Å². The van der Waals surface area contributed by atoms with E-state index < -0.39 is 14.8 Å². The van der Waals surface area contributed by atoms with E-state index in [1.165, 1.54) is 6.07 Å². The molecule has 0 atom stereocenters. The van der Waals surface area contributed by atoms with Crippen molar-refractivity contribution in [1.82, 2.24) is 15.0 Å². The Balaban J connectivity index is 2.05. The second-order valence-electron chi connectivity index (χ2n) is 7.02. The summed E-state index contributed by atoms with van der Waals surface area (Å²) in [5.74, 6) is 0.616. The first-order valence-electron chi connectivity index (χ1n) is 9.91. The number of anilines is 2. The highest BCUT2D eigenvalue weighted by Crippen LogP contribution is 2.35. The van der Waals surface area contributed by atoms with Gasteiger partial charge in [0.05, 0.1) is 4.92 Å². The lowest BCUT2D eigenvalue weighted by molar-refractivity contribution is -0.385. The number of nitro benzene ring substituents is 1. The van der Waals surface area contributed by atoms with Crippen LogP contribution in [0.3, 0.4) is 0 Å². The van der Waals surface area contributed by atoms with Gasteiger partial charge in [0.15, 0.2) is 33.0 Å². The third kappa shape index (κ3) is 6.05. The highest BCUT2D eigenvalue weighted by Gasteiger charge is 2.19. The summed E-state index contributed by atoms with van der Waals surface area (Å²) < 4.78 is 29.4. The summed E-state index contributed by atoms with van der Waals surface area (Å²) in [6, 6.07) is 6.71. The fourth-order valence-electron chi connectivity index (χ4n) is 2.85. The fraction of sp³-hybridized carbons (Fsp3) is 0.250. The molecule has 0 saturated heterocycles. The van der Waals surface area contributed by atoms with Crippen LogP contribution in [0.4, 0.5) is 28.7 Å². The van der Waals surface area contributed by atoms with Crippen LogP contribution in [0.25, 0.3) is 11.4 Å². The highest BCUT2D eigenvalue weighted by atomic mass is 32.2. The third-order valence-corrected chi connectivity index (χ3v) is 5.60. The summed E-state index contributed by atoms with van der Waals surface area (Å²) in [6.45, 7) is 0.997. The standard InChI is InChI=1S/C20H22N8O5S/c1-33-11-3-8-23-20-17(18(21)24-19(25-20)13-6-9-22-10-7-13)27-26-15-5-4-14(28(29)30)12-16(15)34(2,31)32/h4-7,9-10,12H,3,8,11H2,1-2H3,(H3,21,23,24,25). The van der Waals surface area contributed by atoms with Crippen LogP contribution >= 0.6 is 0 Å². The summed E-state index contributed by atoms with van der Waals surface area (Å²) in [5.41, 5.74) is 6.45. The summed E-state index contributed by atoms with van der Waals surface area (Å²) in [6.07, 6.45) is 4.78. The van der Waals surface area contributed by atoms with Crippen molar-refractivity contribution in [3.8, 4) is 11.4 Å². The number of nitro groups is 1. The van der Waals surface area contributed by atoms with Gasteiger partial charge in [0.25, 0.3) is 5.69 Å². The van der Waals surface area contributed by atoms with Crippen molar-refractivity contribution in [2.24, 2.45) is 10.2 Å². The van der Waals surface area contributed by atoms with Crippen LogP contribution in [0.2, 0.25) is 0 Å². The number of azo groups is 1. The highest BCUT2D eigenvalue weighted by molar-refractivity contribution is 7.90. The van der Waals surface area contributed by atoms with Gasteiger partial charge in [0.2, 0.25) is 0 Å². The molecule has 3 N–H and O–H groups in total. The predicted octanol–water partition coefficient (Wildman–Crippen LogP) is 3.30. The van der Waals surface area contributed by atoms with Crippen LogP contribution in [0.15, 0.2) is 57.8 Å². The number of hydrogen-bond donors (Lipinski definition) is 2. The number of ether oxygens (including phenoxy) is 1. The lowest BCUT2D eigenvalue weighted by atomic mass is 10.2. The number of methoxy groups -OCH3 is 1. The lowest BCUT2D eigenvalue weighted by Gasteiger charge is -2.11. The van der Waals surface area contributed by atoms with E-state index in [1.807, 2.05) is 0 Å². The Labute approximate surface area is 195 Å². The van der Waals surface area contributed by atoms with Gasteiger partial charge in [-0.15, -0.1) is 10.2 Å². The Morgan fingerprint density at radius 2 is 1.91 bits per heavy atom. The number of benzene rings is 1. The molecule has 2 heterocycles. The van der Waals surface area contributed by atoms with Crippen molar-refractivity contribution < 1.29 is 18.1 Å². The summed E-state index contributed by atoms with van der Waals surface area (Å²) in [5, 5.41) is 22.3. The van der Waals surface area contributed by atoms with Gasteiger partial charge < -0.3 is 15.8 Å². The molecule has 0 aliphatic heterocycles. The van der Waals surface area contributed by atoms with Crippen LogP contribution in [0.5, 0.6) is 0 Å². The lowest BCUT2D eigenvalue weighted by Crippen LogP contribution is -2.09. The zero-order chi connectivity index (χ0) is 24.7. The average Bonchev–Trinajstić information content (AvgIpc) is 2.81. The molecule has 0 fully saturated rings. The third-order valence-electron chi connectivity index (χ3n) is 4.48. The molecule has 0 amide bonds. The van der Waals surface area contributed by atoms with E-state index in [1.54, 1.807) is 31.6 Å². The Kier molecular flexibility index (Phi) is 7.75. The number of nitrogens with zero attached hydrogens (tertiary/aromatic N) is 6. The van der Waals surface area contributed by atoms with Gasteiger partial charge in [0, 0.05) is 56.6 Å². The number of rotatable bonds is 10. The first kappa shape index (κ1) is 24.6. The normalized spacial score (nSPS) is 11.6. The molecule has 13 nitrogen and oxygen atoms in total. The van der Waals surface area contributed by atoms with Crippen LogP contribution in [0, 0.1) is 10.1 Å².